The van der Waals surface area contributed by atoms with Gasteiger partial charge in [-0.2, -0.15) is 15.0 Å². The molecule has 1 aliphatic rings. The molecule has 0 aliphatic carbocycles. The standard InChI is InChI=1S/C22H22N4O4/c1-14-7-8-19(26-23-9-10-24-26)18(13-14)20(27)25-11-4-12-30-21(25)16-5-3-6-17(15(16)2)22(28)29/h3,5-10,13,21H,4,11-12H2,1-2H3,(H,28,29). The smallest absolute Gasteiger partial charge is 0.335 e. The lowest BCUT2D eigenvalue weighted by molar-refractivity contribution is -0.0802. The minimum atomic E-state index is -1.01. The van der Waals surface area contributed by atoms with Gasteiger partial charge >= 0.3 is 5.97 Å². The molecule has 8 heteroatoms. The molecule has 3 aromatic rings. The summed E-state index contributed by atoms with van der Waals surface area (Å²) in [4.78, 5) is 28.3. The number of carboxylic acid groups (broad SMARTS) is 1. The highest BCUT2D eigenvalue weighted by atomic mass is 16.5. The molecule has 8 nitrogen and oxygen atoms in total. The van der Waals surface area contributed by atoms with E-state index in [2.05, 4.69) is 10.2 Å². The van der Waals surface area contributed by atoms with Gasteiger partial charge in [-0.3, -0.25) is 4.79 Å². The first-order valence-electron chi connectivity index (χ1n) is 9.70. The maximum Gasteiger partial charge on any atom is 0.335 e. The SMILES string of the molecule is Cc1ccc(-n2nccn2)c(C(=O)N2CCCOC2c2cccc(C(=O)O)c2C)c1. The van der Waals surface area contributed by atoms with Crippen molar-refractivity contribution in [2.24, 2.45) is 0 Å². The van der Waals surface area contributed by atoms with Gasteiger partial charge in [-0.15, -0.1) is 0 Å². The number of benzene rings is 2. The van der Waals surface area contributed by atoms with Gasteiger partial charge in [0.2, 0.25) is 0 Å². The summed E-state index contributed by atoms with van der Waals surface area (Å²) in [7, 11) is 0. The zero-order valence-electron chi connectivity index (χ0n) is 16.8. The van der Waals surface area contributed by atoms with Crippen molar-refractivity contribution in [2.75, 3.05) is 13.2 Å². The van der Waals surface area contributed by atoms with Crippen molar-refractivity contribution in [3.63, 3.8) is 0 Å². The Morgan fingerprint density at radius 2 is 1.87 bits per heavy atom. The van der Waals surface area contributed by atoms with Crippen LogP contribution >= 0.6 is 0 Å². The molecule has 2 aromatic carbocycles. The zero-order valence-corrected chi connectivity index (χ0v) is 16.8. The van der Waals surface area contributed by atoms with Gasteiger partial charge in [0.25, 0.3) is 5.91 Å². The van der Waals surface area contributed by atoms with Gasteiger partial charge in [0, 0.05) is 12.1 Å². The van der Waals surface area contributed by atoms with Crippen LogP contribution in [0, 0.1) is 13.8 Å². The van der Waals surface area contributed by atoms with Crippen LogP contribution in [0.4, 0.5) is 0 Å². The first-order valence-corrected chi connectivity index (χ1v) is 9.70. The highest BCUT2D eigenvalue weighted by Gasteiger charge is 2.33. The number of carboxylic acids is 1. The summed E-state index contributed by atoms with van der Waals surface area (Å²) in [6.45, 7) is 4.65. The Labute approximate surface area is 173 Å². The van der Waals surface area contributed by atoms with Gasteiger partial charge in [0.05, 0.1) is 35.8 Å². The Balaban J connectivity index is 1.77. The monoisotopic (exact) mass is 406 g/mol. The molecular weight excluding hydrogens is 384 g/mol. The van der Waals surface area contributed by atoms with Crippen molar-refractivity contribution < 1.29 is 19.4 Å². The number of amides is 1. The number of carbonyl (C=O) groups excluding carboxylic acids is 1. The predicted octanol–water partition coefficient (Wildman–Crippen LogP) is 3.14. The van der Waals surface area contributed by atoms with Crippen molar-refractivity contribution in [1.82, 2.24) is 19.9 Å². The highest BCUT2D eigenvalue weighted by molar-refractivity contribution is 5.98. The molecule has 2 heterocycles. The molecule has 1 N–H and O–H groups in total. The van der Waals surface area contributed by atoms with E-state index in [9.17, 15) is 14.7 Å². The van der Waals surface area contributed by atoms with Crippen molar-refractivity contribution in [1.29, 1.82) is 0 Å². The number of ether oxygens (including phenoxy) is 1. The molecule has 4 rings (SSSR count). The van der Waals surface area contributed by atoms with E-state index in [1.807, 2.05) is 31.2 Å². The third-order valence-electron chi connectivity index (χ3n) is 5.25. The topological polar surface area (TPSA) is 97.5 Å². The molecule has 0 bridgehead atoms. The first kappa shape index (κ1) is 19.8. The molecule has 1 unspecified atom stereocenters. The molecule has 1 aliphatic heterocycles. The molecule has 0 radical (unpaired) electrons. The van der Waals surface area contributed by atoms with Crippen LogP contribution in [0.25, 0.3) is 5.69 Å². The van der Waals surface area contributed by atoms with Crippen molar-refractivity contribution >= 4 is 11.9 Å². The Morgan fingerprint density at radius 1 is 1.10 bits per heavy atom. The number of aromatic nitrogens is 3. The van der Waals surface area contributed by atoms with Crippen LogP contribution in [-0.2, 0) is 4.74 Å². The molecular formula is C22H22N4O4. The molecule has 1 fully saturated rings. The molecule has 30 heavy (non-hydrogen) atoms. The summed E-state index contributed by atoms with van der Waals surface area (Å²) in [5.41, 5.74) is 3.45. The number of carbonyl (C=O) groups is 2. The van der Waals surface area contributed by atoms with E-state index in [-0.39, 0.29) is 11.5 Å². The minimum absolute atomic E-state index is 0.200. The Bertz CT molecular complexity index is 1090. The predicted molar refractivity (Wildman–Crippen MR) is 109 cm³/mol. The maximum atomic E-state index is 13.6. The Morgan fingerprint density at radius 3 is 2.60 bits per heavy atom. The fraction of sp³-hybridized carbons (Fsp3) is 0.273. The van der Waals surface area contributed by atoms with Gasteiger partial charge in [0.1, 0.15) is 0 Å². The van der Waals surface area contributed by atoms with Gasteiger partial charge in [0.15, 0.2) is 6.23 Å². The largest absolute Gasteiger partial charge is 0.478 e. The second-order valence-electron chi connectivity index (χ2n) is 7.24. The molecule has 0 spiro atoms. The summed E-state index contributed by atoms with van der Waals surface area (Å²) in [6.07, 6.45) is 3.15. The molecule has 154 valence electrons. The molecule has 0 saturated carbocycles. The van der Waals surface area contributed by atoms with E-state index in [1.165, 1.54) is 4.80 Å². The Hall–Kier alpha value is -3.52. The molecule has 1 atom stereocenters. The van der Waals surface area contributed by atoms with Crippen LogP contribution in [-0.4, -0.2) is 50.0 Å². The van der Waals surface area contributed by atoms with Gasteiger partial charge in [-0.05, 0) is 44.0 Å². The van der Waals surface area contributed by atoms with E-state index in [4.69, 9.17) is 4.74 Å². The van der Waals surface area contributed by atoms with Crippen LogP contribution in [0.15, 0.2) is 48.8 Å². The fourth-order valence-corrected chi connectivity index (χ4v) is 3.75. The quantitative estimate of drug-likeness (QED) is 0.715. The summed E-state index contributed by atoms with van der Waals surface area (Å²) in [5, 5.41) is 17.8. The van der Waals surface area contributed by atoms with Crippen LogP contribution < -0.4 is 0 Å². The van der Waals surface area contributed by atoms with Gasteiger partial charge in [-0.25, -0.2) is 4.79 Å². The van der Waals surface area contributed by atoms with E-state index in [0.717, 1.165) is 5.56 Å². The fourth-order valence-electron chi connectivity index (χ4n) is 3.75. The summed E-state index contributed by atoms with van der Waals surface area (Å²) < 4.78 is 5.97. The van der Waals surface area contributed by atoms with Crippen LogP contribution in [0.1, 0.15) is 50.1 Å². The number of hydrogen-bond donors (Lipinski definition) is 1. The highest BCUT2D eigenvalue weighted by Crippen LogP contribution is 2.32. The number of nitrogens with zero attached hydrogens (tertiary/aromatic N) is 4. The second kappa shape index (κ2) is 8.08. The van der Waals surface area contributed by atoms with E-state index in [1.54, 1.807) is 36.4 Å². The minimum Gasteiger partial charge on any atom is -0.478 e. The average Bonchev–Trinajstić information content (AvgIpc) is 3.28. The average molecular weight is 406 g/mol. The first-order chi connectivity index (χ1) is 14.5. The van der Waals surface area contributed by atoms with E-state index < -0.39 is 12.2 Å². The lowest BCUT2D eigenvalue weighted by atomic mass is 9.99. The third kappa shape index (κ3) is 3.57. The second-order valence-corrected chi connectivity index (χ2v) is 7.24. The molecule has 1 aromatic heterocycles. The van der Waals surface area contributed by atoms with Crippen molar-refractivity contribution in [2.45, 2.75) is 26.5 Å². The number of rotatable bonds is 4. The van der Waals surface area contributed by atoms with E-state index >= 15 is 0 Å². The number of aryl methyl sites for hydroxylation is 1. The maximum absolute atomic E-state index is 13.6. The van der Waals surface area contributed by atoms with Crippen molar-refractivity contribution in [3.05, 3.63) is 76.6 Å². The molecule has 1 saturated heterocycles. The molecule has 1 amide bonds. The lowest BCUT2D eigenvalue weighted by Crippen LogP contribution is -2.42. The van der Waals surface area contributed by atoms with Gasteiger partial charge < -0.3 is 14.7 Å². The van der Waals surface area contributed by atoms with Gasteiger partial charge in [-0.1, -0.05) is 23.8 Å². The number of aromatic carboxylic acids is 1. The summed E-state index contributed by atoms with van der Waals surface area (Å²) in [5.74, 6) is -1.22. The van der Waals surface area contributed by atoms with Crippen LogP contribution in [0.2, 0.25) is 0 Å². The Kier molecular flexibility index (Phi) is 5.33. The summed E-state index contributed by atoms with van der Waals surface area (Å²) in [6, 6.07) is 10.6. The summed E-state index contributed by atoms with van der Waals surface area (Å²) >= 11 is 0. The third-order valence-corrected chi connectivity index (χ3v) is 5.25. The lowest BCUT2D eigenvalue weighted by Gasteiger charge is -2.37. The van der Waals surface area contributed by atoms with Crippen molar-refractivity contribution in [3.8, 4) is 5.69 Å². The zero-order chi connectivity index (χ0) is 21.3. The number of hydrogen-bond acceptors (Lipinski definition) is 5. The van der Waals surface area contributed by atoms with Crippen LogP contribution in [0.3, 0.4) is 0 Å². The van der Waals surface area contributed by atoms with E-state index in [0.29, 0.717) is 42.0 Å². The normalized spacial score (nSPS) is 16.5. The van der Waals surface area contributed by atoms with Crippen LogP contribution in [0.5, 0.6) is 0 Å².